The summed E-state index contributed by atoms with van der Waals surface area (Å²) in [5, 5.41) is 0.157. The topological polar surface area (TPSA) is 26.3 Å². The number of hydrogen-bond donors (Lipinski definition) is 0. The maximum absolute atomic E-state index is 10.8. The summed E-state index contributed by atoms with van der Waals surface area (Å²) in [4.78, 5) is 10.8. The summed E-state index contributed by atoms with van der Waals surface area (Å²) in [6, 6.07) is 5.97. The molecule has 1 aromatic rings. The number of para-hydroxylation sites is 1. The van der Waals surface area contributed by atoms with E-state index in [1.54, 1.807) is 0 Å². The quantitative estimate of drug-likeness (QED) is 0.442. The first kappa shape index (κ1) is 15.7. The summed E-state index contributed by atoms with van der Waals surface area (Å²) >= 11 is 2.28. The van der Waals surface area contributed by atoms with Crippen molar-refractivity contribution in [2.75, 3.05) is 0 Å². The van der Waals surface area contributed by atoms with E-state index < -0.39 is 8.32 Å². The van der Waals surface area contributed by atoms with Gasteiger partial charge in [-0.15, -0.1) is 0 Å². The number of carbonyl (C=O) groups excluding carboxylic acids is 1. The van der Waals surface area contributed by atoms with Gasteiger partial charge >= 0.3 is 0 Å². The zero-order valence-corrected chi connectivity index (χ0v) is 14.9. The summed E-state index contributed by atoms with van der Waals surface area (Å²) in [6.45, 7) is 11.1. The third kappa shape index (κ3) is 3.57. The Bertz CT molecular complexity index is 436. The molecule has 4 heteroatoms. The Morgan fingerprint density at radius 1 is 1.33 bits per heavy atom. The average molecular weight is 376 g/mol. The fourth-order valence-corrected chi connectivity index (χ4v) is 3.26. The molecule has 0 spiro atoms. The molecule has 0 aliphatic carbocycles. The van der Waals surface area contributed by atoms with E-state index in [2.05, 4.69) is 56.5 Å². The van der Waals surface area contributed by atoms with E-state index in [0.29, 0.717) is 6.42 Å². The molecule has 0 bridgehead atoms. The Labute approximate surface area is 124 Å². The predicted octanol–water partition coefficient (Wildman–Crippen LogP) is 4.42. The molecule has 0 atom stereocenters. The minimum Gasteiger partial charge on any atom is -0.543 e. The molecule has 0 fully saturated rings. The molecule has 2 nitrogen and oxygen atoms in total. The normalized spacial score (nSPS) is 12.3. The summed E-state index contributed by atoms with van der Waals surface area (Å²) < 4.78 is 7.43. The van der Waals surface area contributed by atoms with Crippen molar-refractivity contribution in [3.8, 4) is 5.75 Å². The second kappa shape index (κ2) is 5.73. The van der Waals surface area contributed by atoms with Crippen LogP contribution in [0.5, 0.6) is 5.75 Å². The number of rotatable bonds is 4. The highest BCUT2D eigenvalue weighted by Gasteiger charge is 2.39. The number of halogens is 1. The van der Waals surface area contributed by atoms with Gasteiger partial charge in [-0.3, -0.25) is 0 Å². The first-order chi connectivity index (χ1) is 8.19. The Hall–Kier alpha value is -0.363. The third-order valence-corrected chi connectivity index (χ3v) is 8.69. The Kier molecular flexibility index (Phi) is 5.00. The molecule has 100 valence electrons. The molecule has 0 saturated carbocycles. The van der Waals surface area contributed by atoms with Gasteiger partial charge in [-0.05, 0) is 46.8 Å². The Morgan fingerprint density at radius 2 is 1.94 bits per heavy atom. The monoisotopic (exact) mass is 376 g/mol. The fraction of sp³-hybridized carbons (Fsp3) is 0.500. The zero-order chi connectivity index (χ0) is 14.0. The second-order valence-electron chi connectivity index (χ2n) is 5.96. The van der Waals surface area contributed by atoms with Crippen LogP contribution >= 0.6 is 22.6 Å². The highest BCUT2D eigenvalue weighted by atomic mass is 127. The van der Waals surface area contributed by atoms with Crippen molar-refractivity contribution in [1.82, 2.24) is 0 Å². The van der Waals surface area contributed by atoms with E-state index >= 15 is 0 Å². The lowest BCUT2D eigenvalue weighted by Gasteiger charge is -2.37. The van der Waals surface area contributed by atoms with Crippen molar-refractivity contribution in [2.45, 2.75) is 45.3 Å². The first-order valence-corrected chi connectivity index (χ1v) is 10.1. The van der Waals surface area contributed by atoms with Crippen LogP contribution in [-0.2, 0) is 11.2 Å². The number of benzene rings is 1. The fourth-order valence-electron chi connectivity index (χ4n) is 1.33. The largest absolute Gasteiger partial charge is 0.543 e. The van der Waals surface area contributed by atoms with Gasteiger partial charge in [0, 0.05) is 12.0 Å². The van der Waals surface area contributed by atoms with Crippen LogP contribution in [0.1, 0.15) is 26.3 Å². The van der Waals surface area contributed by atoms with Crippen LogP contribution < -0.4 is 4.43 Å². The lowest BCUT2D eigenvalue weighted by atomic mass is 10.1. The molecule has 0 aromatic heterocycles. The van der Waals surface area contributed by atoms with E-state index in [4.69, 9.17) is 4.43 Å². The van der Waals surface area contributed by atoms with Gasteiger partial charge in [0.2, 0.25) is 0 Å². The first-order valence-electron chi connectivity index (χ1n) is 6.09. The Balaban J connectivity index is 3.14. The molecule has 1 aromatic carbocycles. The van der Waals surface area contributed by atoms with Gasteiger partial charge in [-0.2, -0.15) is 0 Å². The molecule has 0 aliphatic heterocycles. The van der Waals surface area contributed by atoms with Gasteiger partial charge in [0.25, 0.3) is 8.32 Å². The second-order valence-corrected chi connectivity index (χ2v) is 11.8. The van der Waals surface area contributed by atoms with Crippen LogP contribution in [0.3, 0.4) is 0 Å². The van der Waals surface area contributed by atoms with E-state index in [0.717, 1.165) is 21.2 Å². The minimum absolute atomic E-state index is 0.157. The summed E-state index contributed by atoms with van der Waals surface area (Å²) in [6.07, 6.45) is 1.35. The Morgan fingerprint density at radius 3 is 2.44 bits per heavy atom. The van der Waals surface area contributed by atoms with Crippen LogP contribution in [0.4, 0.5) is 0 Å². The molecule has 1 rings (SSSR count). The maximum atomic E-state index is 10.8. The van der Waals surface area contributed by atoms with E-state index in [1.807, 2.05) is 18.2 Å². The smallest absolute Gasteiger partial charge is 0.250 e. The molecular formula is C14H21IO2Si. The molecule has 0 radical (unpaired) electrons. The van der Waals surface area contributed by atoms with Crippen molar-refractivity contribution in [2.24, 2.45) is 0 Å². The molecule has 0 saturated heterocycles. The van der Waals surface area contributed by atoms with Gasteiger partial charge in [-0.1, -0.05) is 32.9 Å². The third-order valence-electron chi connectivity index (χ3n) is 3.52. The van der Waals surface area contributed by atoms with Crippen molar-refractivity contribution in [3.05, 3.63) is 27.3 Å². The van der Waals surface area contributed by atoms with Crippen LogP contribution in [0, 0.1) is 3.57 Å². The molecule has 0 unspecified atom stereocenters. The highest BCUT2D eigenvalue weighted by molar-refractivity contribution is 14.1. The van der Waals surface area contributed by atoms with Gasteiger partial charge in [0.15, 0.2) is 0 Å². The van der Waals surface area contributed by atoms with Gasteiger partial charge in [0.05, 0.1) is 3.57 Å². The zero-order valence-electron chi connectivity index (χ0n) is 11.7. The van der Waals surface area contributed by atoms with E-state index in [9.17, 15) is 4.79 Å². The summed E-state index contributed by atoms with van der Waals surface area (Å²) in [5.41, 5.74) is 0.988. The van der Waals surface area contributed by atoms with Crippen LogP contribution in [0.2, 0.25) is 18.1 Å². The number of carbonyl (C=O) groups is 1. The van der Waals surface area contributed by atoms with Crippen molar-refractivity contribution in [3.63, 3.8) is 0 Å². The molecule has 0 N–H and O–H groups in total. The van der Waals surface area contributed by atoms with Crippen LogP contribution in [0.15, 0.2) is 18.2 Å². The predicted molar refractivity (Wildman–Crippen MR) is 86.8 cm³/mol. The maximum Gasteiger partial charge on any atom is 0.250 e. The van der Waals surface area contributed by atoms with E-state index in [1.165, 1.54) is 0 Å². The highest BCUT2D eigenvalue weighted by Crippen LogP contribution is 2.39. The van der Waals surface area contributed by atoms with Crippen molar-refractivity contribution in [1.29, 1.82) is 0 Å². The van der Waals surface area contributed by atoms with E-state index in [-0.39, 0.29) is 5.04 Å². The summed E-state index contributed by atoms with van der Waals surface area (Å²) in [7, 11) is -1.86. The van der Waals surface area contributed by atoms with Crippen LogP contribution in [-0.4, -0.2) is 14.6 Å². The molecular weight excluding hydrogens is 355 g/mol. The van der Waals surface area contributed by atoms with Gasteiger partial charge in [0.1, 0.15) is 12.0 Å². The summed E-state index contributed by atoms with van der Waals surface area (Å²) in [5.74, 6) is 0.900. The number of hydrogen-bond acceptors (Lipinski definition) is 2. The van der Waals surface area contributed by atoms with Crippen LogP contribution in [0.25, 0.3) is 0 Å². The standard InChI is InChI=1S/C14H21IO2Si/c1-14(2,3)18(4,5)17-13-11(9-10-16)7-6-8-12(13)15/h6-8,10H,9H2,1-5H3. The molecule has 18 heavy (non-hydrogen) atoms. The SMILES string of the molecule is CC(C)(C)[Si](C)(C)Oc1c(I)cccc1CC=O. The average Bonchev–Trinajstić information content (AvgIpc) is 2.22. The molecule has 0 heterocycles. The molecule has 0 amide bonds. The minimum atomic E-state index is -1.86. The van der Waals surface area contributed by atoms with Gasteiger partial charge < -0.3 is 9.22 Å². The lowest BCUT2D eigenvalue weighted by Crippen LogP contribution is -2.44. The number of aldehydes is 1. The van der Waals surface area contributed by atoms with Crippen molar-refractivity contribution >= 4 is 37.2 Å². The van der Waals surface area contributed by atoms with Crippen molar-refractivity contribution < 1.29 is 9.22 Å². The molecule has 0 aliphatic rings. The van der Waals surface area contributed by atoms with Gasteiger partial charge in [-0.25, -0.2) is 0 Å². The lowest BCUT2D eigenvalue weighted by molar-refractivity contribution is -0.107.